The van der Waals surface area contributed by atoms with Crippen LogP contribution in [0.4, 0.5) is 0 Å². The van der Waals surface area contributed by atoms with E-state index in [1.807, 2.05) is 48.5 Å². The van der Waals surface area contributed by atoms with E-state index in [2.05, 4.69) is 10.8 Å². The number of rotatable bonds is 6. The molecule has 0 bridgehead atoms. The van der Waals surface area contributed by atoms with Gasteiger partial charge in [-0.15, -0.1) is 0 Å². The fraction of sp³-hybridized carbons (Fsp3) is 0.208. The number of halogens is 2. The van der Waals surface area contributed by atoms with Gasteiger partial charge in [0.2, 0.25) is 15.9 Å². The lowest BCUT2D eigenvalue weighted by Gasteiger charge is -2.32. The standard InChI is InChI=1S/C24H22Cl2N2O3S/c25-20-10-11-21(26)23(15-20)32(30,31)27-22(14-17-6-2-1-3-7-17)24(29)28-13-12-18-8-4-5-9-19(18)16-28/h1-11,15,22,27H,12-14,16H2/t22-/m1/s1. The lowest BCUT2D eigenvalue weighted by molar-refractivity contribution is -0.133. The zero-order valence-corrected chi connectivity index (χ0v) is 19.5. The van der Waals surface area contributed by atoms with Crippen molar-refractivity contribution in [1.29, 1.82) is 0 Å². The van der Waals surface area contributed by atoms with Crippen molar-refractivity contribution in [3.05, 3.63) is 99.5 Å². The van der Waals surface area contributed by atoms with Crippen LogP contribution in [0.1, 0.15) is 16.7 Å². The average Bonchev–Trinajstić information content (AvgIpc) is 2.80. The molecule has 0 unspecified atom stereocenters. The average molecular weight is 489 g/mol. The summed E-state index contributed by atoms with van der Waals surface area (Å²) in [7, 11) is -4.09. The number of hydrogen-bond acceptors (Lipinski definition) is 3. The summed E-state index contributed by atoms with van der Waals surface area (Å²) < 4.78 is 28.9. The number of amides is 1. The van der Waals surface area contributed by atoms with E-state index in [-0.39, 0.29) is 27.3 Å². The van der Waals surface area contributed by atoms with E-state index in [1.54, 1.807) is 4.90 Å². The molecule has 1 amide bonds. The summed E-state index contributed by atoms with van der Waals surface area (Å²) in [6, 6.07) is 20.5. The van der Waals surface area contributed by atoms with Crippen molar-refractivity contribution in [3.8, 4) is 0 Å². The predicted molar refractivity (Wildman–Crippen MR) is 126 cm³/mol. The summed E-state index contributed by atoms with van der Waals surface area (Å²) in [6.45, 7) is 0.973. The van der Waals surface area contributed by atoms with Gasteiger partial charge in [0.1, 0.15) is 10.9 Å². The number of hydrogen-bond donors (Lipinski definition) is 1. The quantitative estimate of drug-likeness (QED) is 0.556. The SMILES string of the molecule is O=C([C@@H](Cc1ccccc1)NS(=O)(=O)c1cc(Cl)ccc1Cl)N1CCc2ccccc2C1. The van der Waals surface area contributed by atoms with Crippen LogP contribution >= 0.6 is 23.2 Å². The predicted octanol–water partition coefficient (Wildman–Crippen LogP) is 4.47. The smallest absolute Gasteiger partial charge is 0.242 e. The molecule has 1 aliphatic heterocycles. The Balaban J connectivity index is 1.63. The number of nitrogens with zero attached hydrogens (tertiary/aromatic N) is 1. The third-order valence-electron chi connectivity index (χ3n) is 5.50. The molecule has 0 fully saturated rings. The van der Waals surface area contributed by atoms with Gasteiger partial charge in [0.25, 0.3) is 0 Å². The summed E-state index contributed by atoms with van der Waals surface area (Å²) in [5.74, 6) is -0.273. The molecule has 8 heteroatoms. The van der Waals surface area contributed by atoms with E-state index in [0.29, 0.717) is 13.1 Å². The molecular formula is C24H22Cl2N2O3S. The molecule has 5 nitrogen and oxygen atoms in total. The highest BCUT2D eigenvalue weighted by Crippen LogP contribution is 2.26. The minimum Gasteiger partial charge on any atom is -0.337 e. The normalized spacial score (nSPS) is 14.6. The summed E-state index contributed by atoms with van der Waals surface area (Å²) in [5.41, 5.74) is 3.14. The van der Waals surface area contributed by atoms with Crippen molar-refractivity contribution in [2.45, 2.75) is 30.3 Å². The molecule has 1 atom stereocenters. The lowest BCUT2D eigenvalue weighted by atomic mass is 9.98. The van der Waals surface area contributed by atoms with Crippen molar-refractivity contribution in [3.63, 3.8) is 0 Å². The van der Waals surface area contributed by atoms with Gasteiger partial charge >= 0.3 is 0 Å². The molecule has 0 saturated carbocycles. The zero-order chi connectivity index (χ0) is 22.7. The molecule has 1 heterocycles. The summed E-state index contributed by atoms with van der Waals surface area (Å²) in [4.78, 5) is 15.1. The molecule has 32 heavy (non-hydrogen) atoms. The molecule has 0 radical (unpaired) electrons. The fourth-order valence-electron chi connectivity index (χ4n) is 3.87. The van der Waals surface area contributed by atoms with Crippen LogP contribution in [0.5, 0.6) is 0 Å². The Labute approximate surface area is 198 Å². The van der Waals surface area contributed by atoms with Crippen molar-refractivity contribution < 1.29 is 13.2 Å². The molecule has 1 N–H and O–H groups in total. The highest BCUT2D eigenvalue weighted by atomic mass is 35.5. The van der Waals surface area contributed by atoms with Crippen LogP contribution in [0.3, 0.4) is 0 Å². The number of sulfonamides is 1. The van der Waals surface area contributed by atoms with Gasteiger partial charge in [-0.3, -0.25) is 4.79 Å². The molecule has 4 rings (SSSR count). The van der Waals surface area contributed by atoms with Crippen molar-refractivity contribution >= 4 is 39.1 Å². The van der Waals surface area contributed by atoms with E-state index in [1.165, 1.54) is 23.8 Å². The van der Waals surface area contributed by atoms with Crippen LogP contribution < -0.4 is 4.72 Å². The van der Waals surface area contributed by atoms with E-state index >= 15 is 0 Å². The summed E-state index contributed by atoms with van der Waals surface area (Å²) in [6.07, 6.45) is 0.947. The Kier molecular flexibility index (Phi) is 6.86. The van der Waals surface area contributed by atoms with Crippen LogP contribution in [0.2, 0.25) is 10.0 Å². The molecule has 0 spiro atoms. The zero-order valence-electron chi connectivity index (χ0n) is 17.2. The monoisotopic (exact) mass is 488 g/mol. The number of fused-ring (bicyclic) bond motifs is 1. The van der Waals surface area contributed by atoms with E-state index < -0.39 is 16.1 Å². The third-order valence-corrected chi connectivity index (χ3v) is 7.69. The topological polar surface area (TPSA) is 66.5 Å². The molecule has 0 saturated heterocycles. The molecule has 3 aromatic rings. The summed E-state index contributed by atoms with van der Waals surface area (Å²) in [5, 5.41) is 0.285. The Morgan fingerprint density at radius 3 is 2.41 bits per heavy atom. The molecular weight excluding hydrogens is 467 g/mol. The molecule has 1 aliphatic rings. The first-order chi connectivity index (χ1) is 15.3. The van der Waals surface area contributed by atoms with Gasteiger partial charge in [-0.25, -0.2) is 8.42 Å². The minimum atomic E-state index is -4.09. The van der Waals surface area contributed by atoms with Gasteiger partial charge < -0.3 is 4.90 Å². The largest absolute Gasteiger partial charge is 0.337 e. The number of nitrogens with one attached hydrogen (secondary N) is 1. The number of carbonyl (C=O) groups excluding carboxylic acids is 1. The van der Waals surface area contributed by atoms with Crippen LogP contribution in [-0.4, -0.2) is 31.8 Å². The Hall–Kier alpha value is -2.38. The van der Waals surface area contributed by atoms with Gasteiger partial charge in [0.05, 0.1) is 5.02 Å². The first kappa shape index (κ1) is 22.8. The highest BCUT2D eigenvalue weighted by Gasteiger charge is 2.32. The van der Waals surface area contributed by atoms with Gasteiger partial charge in [0.15, 0.2) is 0 Å². The second-order valence-corrected chi connectivity index (χ2v) is 10.2. The van der Waals surface area contributed by atoms with Crippen LogP contribution in [0, 0.1) is 0 Å². The van der Waals surface area contributed by atoms with Crippen molar-refractivity contribution in [2.24, 2.45) is 0 Å². The second kappa shape index (κ2) is 9.63. The van der Waals surface area contributed by atoms with E-state index in [9.17, 15) is 13.2 Å². The van der Waals surface area contributed by atoms with Gasteiger partial charge in [-0.2, -0.15) is 4.72 Å². The fourth-order valence-corrected chi connectivity index (χ4v) is 5.82. The lowest BCUT2D eigenvalue weighted by Crippen LogP contribution is -2.50. The van der Waals surface area contributed by atoms with E-state index in [4.69, 9.17) is 23.2 Å². The van der Waals surface area contributed by atoms with Gasteiger partial charge in [0, 0.05) is 18.1 Å². The third kappa shape index (κ3) is 5.15. The first-order valence-corrected chi connectivity index (χ1v) is 12.4. The maximum absolute atomic E-state index is 13.5. The van der Waals surface area contributed by atoms with Crippen LogP contribution in [0.25, 0.3) is 0 Å². The van der Waals surface area contributed by atoms with Crippen molar-refractivity contribution in [2.75, 3.05) is 6.54 Å². The highest BCUT2D eigenvalue weighted by molar-refractivity contribution is 7.89. The van der Waals surface area contributed by atoms with Gasteiger partial charge in [-0.1, -0.05) is 77.8 Å². The van der Waals surface area contributed by atoms with Crippen molar-refractivity contribution in [1.82, 2.24) is 9.62 Å². The van der Waals surface area contributed by atoms with E-state index in [0.717, 1.165) is 17.5 Å². The molecule has 3 aromatic carbocycles. The van der Waals surface area contributed by atoms with Crippen LogP contribution in [0.15, 0.2) is 77.7 Å². The Morgan fingerprint density at radius 2 is 1.66 bits per heavy atom. The maximum atomic E-state index is 13.5. The minimum absolute atomic E-state index is 0.0414. The van der Waals surface area contributed by atoms with Crippen LogP contribution in [-0.2, 0) is 34.2 Å². The Bertz CT molecular complexity index is 1230. The Morgan fingerprint density at radius 1 is 0.969 bits per heavy atom. The van der Waals surface area contributed by atoms with Gasteiger partial charge in [-0.05, 0) is 47.7 Å². The maximum Gasteiger partial charge on any atom is 0.242 e. The first-order valence-electron chi connectivity index (χ1n) is 10.2. The number of carbonyl (C=O) groups is 1. The molecule has 0 aliphatic carbocycles. The molecule has 166 valence electrons. The number of benzene rings is 3. The summed E-state index contributed by atoms with van der Waals surface area (Å²) >= 11 is 12.1. The second-order valence-electron chi connectivity index (χ2n) is 7.72. The molecule has 0 aromatic heterocycles.